The van der Waals surface area contributed by atoms with E-state index in [2.05, 4.69) is 41.5 Å². The lowest BCUT2D eigenvalue weighted by atomic mass is 10.0. The molecule has 4 rings (SSSR count). The van der Waals surface area contributed by atoms with Gasteiger partial charge >= 0.3 is 18.3 Å². The number of carbonyl (C=O) groups is 3. The molecule has 1 heterocycles. The van der Waals surface area contributed by atoms with Crippen LogP contribution in [0.25, 0.3) is 0 Å². The van der Waals surface area contributed by atoms with Crippen molar-refractivity contribution in [3.05, 3.63) is 91.0 Å². The van der Waals surface area contributed by atoms with Crippen molar-refractivity contribution >= 4 is 53.2 Å². The third-order valence-electron chi connectivity index (χ3n) is 10.7. The topological polar surface area (TPSA) is 127 Å². The Morgan fingerprint density at radius 3 is 0.900 bits per heavy atom. The molecular formula is C48H66N6O6. The van der Waals surface area contributed by atoms with E-state index >= 15 is 0 Å². The van der Waals surface area contributed by atoms with Crippen molar-refractivity contribution in [2.24, 2.45) is 17.8 Å². The minimum absolute atomic E-state index is 0.163. The monoisotopic (exact) mass is 823 g/mol. The van der Waals surface area contributed by atoms with Crippen molar-refractivity contribution in [2.45, 2.75) is 119 Å². The predicted molar refractivity (Wildman–Crippen MR) is 240 cm³/mol. The molecule has 4 aromatic rings. The van der Waals surface area contributed by atoms with Gasteiger partial charge < -0.3 is 14.2 Å². The fourth-order valence-corrected chi connectivity index (χ4v) is 6.74. The first-order chi connectivity index (χ1) is 29.3. The van der Waals surface area contributed by atoms with Crippen LogP contribution in [0.3, 0.4) is 0 Å². The summed E-state index contributed by atoms with van der Waals surface area (Å²) in [5.74, 6) is -0.0132. The molecule has 3 unspecified atom stereocenters. The number of anilines is 6. The standard InChI is InChI=1S/C48H66N6O6/c1-7-13-25-37(10-4)34-58-46(55)52(40-28-19-16-20-29-40)43-49-44(53(41-30-21-17-22-31-41)47(56)59-35-38(11-5)26-14-8-2)51-45(50-43)54(42-32-23-18-24-33-42)48(57)60-36-39(12-6)27-15-9-3/h16-24,28-33,37-39H,7-15,25-27,34-36H2,1-6H3. The second kappa shape index (κ2) is 25.9. The van der Waals surface area contributed by atoms with Crippen LogP contribution in [0.4, 0.5) is 49.3 Å². The van der Waals surface area contributed by atoms with Crippen molar-refractivity contribution in [1.29, 1.82) is 0 Å². The van der Waals surface area contributed by atoms with Crippen molar-refractivity contribution < 1.29 is 28.6 Å². The van der Waals surface area contributed by atoms with Crippen molar-refractivity contribution in [3.63, 3.8) is 0 Å². The van der Waals surface area contributed by atoms with Gasteiger partial charge in [-0.15, -0.1) is 0 Å². The highest BCUT2D eigenvalue weighted by Crippen LogP contribution is 2.33. The van der Waals surface area contributed by atoms with E-state index in [-0.39, 0.29) is 55.4 Å². The number of nitrogens with zero attached hydrogens (tertiary/aromatic N) is 6. The maximum Gasteiger partial charge on any atom is 0.421 e. The molecule has 60 heavy (non-hydrogen) atoms. The van der Waals surface area contributed by atoms with Gasteiger partial charge in [-0.2, -0.15) is 15.0 Å². The van der Waals surface area contributed by atoms with Gasteiger partial charge in [0.05, 0.1) is 36.9 Å². The second-order valence-electron chi connectivity index (χ2n) is 15.2. The van der Waals surface area contributed by atoms with Crippen molar-refractivity contribution in [1.82, 2.24) is 15.0 Å². The van der Waals surface area contributed by atoms with Crippen LogP contribution in [0.2, 0.25) is 0 Å². The van der Waals surface area contributed by atoms with Gasteiger partial charge in [0.25, 0.3) is 0 Å². The van der Waals surface area contributed by atoms with E-state index < -0.39 is 18.3 Å². The Morgan fingerprint density at radius 2 is 0.683 bits per heavy atom. The molecule has 0 fully saturated rings. The van der Waals surface area contributed by atoms with E-state index in [1.54, 1.807) is 72.8 Å². The number of aromatic nitrogens is 3. The molecular weight excluding hydrogens is 757 g/mol. The molecule has 0 N–H and O–H groups in total. The maximum atomic E-state index is 14.4. The van der Waals surface area contributed by atoms with Crippen molar-refractivity contribution in [2.75, 3.05) is 34.5 Å². The predicted octanol–water partition coefficient (Wildman–Crippen LogP) is 13.3. The van der Waals surface area contributed by atoms with Crippen LogP contribution in [0.5, 0.6) is 0 Å². The van der Waals surface area contributed by atoms with Gasteiger partial charge in [0.15, 0.2) is 0 Å². The van der Waals surface area contributed by atoms with Crippen LogP contribution in [-0.2, 0) is 14.2 Å². The fraction of sp³-hybridized carbons (Fsp3) is 0.500. The van der Waals surface area contributed by atoms with Crippen LogP contribution in [0.15, 0.2) is 91.0 Å². The lowest BCUT2D eigenvalue weighted by Crippen LogP contribution is -2.35. The molecule has 3 amide bonds. The summed E-state index contributed by atoms with van der Waals surface area (Å²) >= 11 is 0. The molecule has 12 heteroatoms. The average Bonchev–Trinajstić information content (AvgIpc) is 3.28. The SMILES string of the molecule is CCCCC(CC)COC(=O)N(c1ccccc1)c1nc(N(C(=O)OCC(CC)CCCC)c2ccccc2)nc(N(C(=O)OCC(CC)CCCC)c2ccccc2)n1. The smallest absolute Gasteiger partial charge is 0.421 e. The number of hydrogen-bond donors (Lipinski definition) is 0. The van der Waals surface area contributed by atoms with Gasteiger partial charge in [-0.05, 0) is 73.4 Å². The third kappa shape index (κ3) is 14.1. The molecule has 0 radical (unpaired) electrons. The zero-order chi connectivity index (χ0) is 43.1. The molecule has 0 bridgehead atoms. The van der Waals surface area contributed by atoms with Gasteiger partial charge in [-0.25, -0.2) is 29.1 Å². The van der Waals surface area contributed by atoms with Crippen LogP contribution >= 0.6 is 0 Å². The molecule has 0 aliphatic heterocycles. The molecule has 0 aliphatic carbocycles. The third-order valence-corrected chi connectivity index (χ3v) is 10.7. The molecule has 324 valence electrons. The van der Waals surface area contributed by atoms with Gasteiger partial charge in [-0.1, -0.05) is 154 Å². The number of carbonyl (C=O) groups excluding carboxylic acids is 3. The molecule has 1 aromatic heterocycles. The highest BCUT2D eigenvalue weighted by atomic mass is 16.6. The van der Waals surface area contributed by atoms with Crippen LogP contribution in [0, 0.1) is 17.8 Å². The lowest BCUT2D eigenvalue weighted by molar-refractivity contribution is 0.131. The number of para-hydroxylation sites is 3. The lowest BCUT2D eigenvalue weighted by Gasteiger charge is -2.27. The summed E-state index contributed by atoms with van der Waals surface area (Å²) in [6, 6.07) is 26.7. The van der Waals surface area contributed by atoms with E-state index in [0.717, 1.165) is 77.0 Å². The minimum Gasteiger partial charge on any atom is -0.449 e. The minimum atomic E-state index is -0.717. The quantitative estimate of drug-likeness (QED) is 0.0634. The fourth-order valence-electron chi connectivity index (χ4n) is 6.74. The van der Waals surface area contributed by atoms with Gasteiger partial charge in [0.1, 0.15) is 0 Å². The molecule has 0 spiro atoms. The Labute approximate surface area is 357 Å². The Hall–Kier alpha value is -5.52. The number of rotatable bonds is 24. The Bertz CT molecular complexity index is 1630. The van der Waals surface area contributed by atoms with E-state index in [0.29, 0.717) is 17.1 Å². The normalized spacial score (nSPS) is 12.5. The van der Waals surface area contributed by atoms with Gasteiger partial charge in [0, 0.05) is 0 Å². The van der Waals surface area contributed by atoms with E-state index in [1.165, 1.54) is 14.7 Å². The molecule has 3 atom stereocenters. The highest BCUT2D eigenvalue weighted by molar-refractivity contribution is 5.98. The molecule has 12 nitrogen and oxygen atoms in total. The first-order valence-electron chi connectivity index (χ1n) is 22.1. The largest absolute Gasteiger partial charge is 0.449 e. The summed E-state index contributed by atoms with van der Waals surface area (Å²) in [6.45, 7) is 13.3. The summed E-state index contributed by atoms with van der Waals surface area (Å²) < 4.78 is 18.1. The summed E-state index contributed by atoms with van der Waals surface area (Å²) in [6.07, 6.45) is 9.30. The number of amides is 3. The summed E-state index contributed by atoms with van der Waals surface area (Å²) in [4.78, 5) is 61.4. The van der Waals surface area contributed by atoms with E-state index in [1.807, 2.05) is 18.2 Å². The zero-order valence-corrected chi connectivity index (χ0v) is 36.6. The van der Waals surface area contributed by atoms with Crippen LogP contribution in [-0.4, -0.2) is 53.1 Å². The Morgan fingerprint density at radius 1 is 0.433 bits per heavy atom. The first kappa shape index (κ1) is 47.2. The second-order valence-corrected chi connectivity index (χ2v) is 15.2. The first-order valence-corrected chi connectivity index (χ1v) is 22.1. The molecule has 3 aromatic carbocycles. The summed E-state index contributed by atoms with van der Waals surface area (Å²) in [5.41, 5.74) is 1.25. The summed E-state index contributed by atoms with van der Waals surface area (Å²) in [5, 5.41) is 0. The molecule has 0 saturated carbocycles. The van der Waals surface area contributed by atoms with Crippen LogP contribution in [0.1, 0.15) is 119 Å². The van der Waals surface area contributed by atoms with Gasteiger partial charge in [-0.3, -0.25) is 0 Å². The maximum absolute atomic E-state index is 14.4. The highest BCUT2D eigenvalue weighted by Gasteiger charge is 2.33. The van der Waals surface area contributed by atoms with Gasteiger partial charge in [0.2, 0.25) is 17.8 Å². The Balaban J connectivity index is 1.93. The van der Waals surface area contributed by atoms with E-state index in [4.69, 9.17) is 29.2 Å². The number of unbranched alkanes of at least 4 members (excludes halogenated alkanes) is 3. The molecule has 0 saturated heterocycles. The number of ether oxygens (including phenoxy) is 3. The number of benzene rings is 3. The number of hydrogen-bond acceptors (Lipinski definition) is 9. The average molecular weight is 823 g/mol. The van der Waals surface area contributed by atoms with Crippen LogP contribution < -0.4 is 14.7 Å². The molecule has 0 aliphatic rings. The van der Waals surface area contributed by atoms with E-state index in [9.17, 15) is 14.4 Å². The Kier molecular flexibility index (Phi) is 20.3. The van der Waals surface area contributed by atoms with Crippen molar-refractivity contribution in [3.8, 4) is 0 Å². The summed E-state index contributed by atoms with van der Waals surface area (Å²) in [7, 11) is 0. The zero-order valence-electron chi connectivity index (χ0n) is 36.6.